The predicted octanol–water partition coefficient (Wildman–Crippen LogP) is 10.7. The molecule has 7 aromatic rings. The van der Waals surface area contributed by atoms with Gasteiger partial charge in [0.05, 0.1) is 11.3 Å². The van der Waals surface area contributed by atoms with Crippen LogP contribution in [0.1, 0.15) is 43.4 Å². The Hall–Kier alpha value is -4.09. The fourth-order valence-corrected chi connectivity index (χ4v) is 8.58. The van der Waals surface area contributed by atoms with Crippen molar-refractivity contribution in [3.63, 3.8) is 0 Å². The smallest absolute Gasteiger partial charge is 0 e. The van der Waals surface area contributed by atoms with Crippen molar-refractivity contribution in [3.8, 4) is 11.3 Å². The maximum absolute atomic E-state index is 7.35. The molecular weight excluding hydrogens is 825 g/mol. The van der Waals surface area contributed by atoms with Gasteiger partial charge in [0.2, 0.25) is 0 Å². The Bertz CT molecular complexity index is 2300. The molecule has 0 aliphatic carbocycles. The molecular formula is C43H38GeIrN2O-2. The molecule has 48 heavy (non-hydrogen) atoms. The van der Waals surface area contributed by atoms with E-state index in [4.69, 9.17) is 13.5 Å². The zero-order valence-electron chi connectivity index (χ0n) is 30.7. The number of fused-ring (bicyclic) bond motifs is 4. The molecule has 1 aliphatic heterocycles. The molecule has 0 N–H and O–H groups in total. The van der Waals surface area contributed by atoms with Crippen molar-refractivity contribution in [1.29, 1.82) is 0 Å². The number of benzene rings is 5. The van der Waals surface area contributed by atoms with E-state index < -0.39 is 20.1 Å². The molecule has 0 saturated carbocycles. The number of pyridine rings is 1. The molecule has 1 atom stereocenters. The fourth-order valence-electron chi connectivity index (χ4n) is 6.41. The van der Waals surface area contributed by atoms with Crippen molar-refractivity contribution in [1.82, 2.24) is 4.98 Å². The number of aryl methyl sites for hydroxylation is 3. The summed E-state index contributed by atoms with van der Waals surface area (Å²) in [4.78, 5) is 9.59. The zero-order valence-corrected chi connectivity index (χ0v) is 32.2. The second-order valence-corrected chi connectivity index (χ2v) is 23.8. The number of aliphatic imine (C=N–C) groups is 1. The van der Waals surface area contributed by atoms with E-state index in [1.165, 1.54) is 32.7 Å². The number of para-hydroxylation sites is 2. The van der Waals surface area contributed by atoms with E-state index in [-0.39, 0.29) is 26.0 Å². The zero-order chi connectivity index (χ0) is 35.2. The van der Waals surface area contributed by atoms with Crippen LogP contribution in [0.5, 0.6) is 0 Å². The first-order chi connectivity index (χ1) is 23.9. The molecule has 8 rings (SSSR count). The van der Waals surface area contributed by atoms with Crippen molar-refractivity contribution < 1.29 is 28.6 Å². The van der Waals surface area contributed by atoms with Gasteiger partial charge < -0.3 is 4.42 Å². The van der Waals surface area contributed by atoms with E-state index in [1.807, 2.05) is 30.5 Å². The number of nitrogens with zero attached hydrogens (tertiary/aromatic N) is 2. The van der Waals surface area contributed by atoms with Crippen molar-refractivity contribution in [2.75, 3.05) is 0 Å². The van der Waals surface area contributed by atoms with Gasteiger partial charge in [0.25, 0.3) is 0 Å². The van der Waals surface area contributed by atoms with Gasteiger partial charge in [-0.1, -0.05) is 65.5 Å². The van der Waals surface area contributed by atoms with Crippen LogP contribution in [0.25, 0.3) is 33.2 Å². The van der Waals surface area contributed by atoms with Gasteiger partial charge in [-0.3, -0.25) is 4.99 Å². The van der Waals surface area contributed by atoms with Gasteiger partial charge in [-0.15, -0.1) is 18.2 Å². The number of furan rings is 1. The normalized spacial score (nSPS) is 15.0. The summed E-state index contributed by atoms with van der Waals surface area (Å²) in [5.74, 6) is 7.05. The van der Waals surface area contributed by atoms with Crippen LogP contribution in [0.2, 0.25) is 17.3 Å². The minimum absolute atomic E-state index is 0. The third-order valence-corrected chi connectivity index (χ3v) is 13.2. The first-order valence-electron chi connectivity index (χ1n) is 17.5. The average molecular weight is 867 g/mol. The molecule has 5 aromatic carbocycles. The van der Waals surface area contributed by atoms with Crippen LogP contribution < -0.4 is 4.40 Å². The van der Waals surface area contributed by atoms with E-state index >= 15 is 0 Å². The van der Waals surface area contributed by atoms with Crippen molar-refractivity contribution >= 4 is 51.0 Å². The molecule has 1 aliphatic rings. The van der Waals surface area contributed by atoms with E-state index in [0.717, 1.165) is 50.2 Å². The summed E-state index contributed by atoms with van der Waals surface area (Å²) in [5, 5.41) is 2.24. The van der Waals surface area contributed by atoms with Gasteiger partial charge in [-0.05, 0) is 53.9 Å². The summed E-state index contributed by atoms with van der Waals surface area (Å²) >= 11 is -1.83. The van der Waals surface area contributed by atoms with E-state index in [2.05, 4.69) is 115 Å². The van der Waals surface area contributed by atoms with Gasteiger partial charge in [0, 0.05) is 31.4 Å². The molecule has 0 bridgehead atoms. The molecule has 1 radical (unpaired) electrons. The topological polar surface area (TPSA) is 38.4 Å². The van der Waals surface area contributed by atoms with Gasteiger partial charge in [-0.25, -0.2) is 0 Å². The van der Waals surface area contributed by atoms with E-state index in [1.54, 1.807) is 12.1 Å². The van der Waals surface area contributed by atoms with Gasteiger partial charge in [0.15, 0.2) is 0 Å². The summed E-state index contributed by atoms with van der Waals surface area (Å²) in [5.41, 5.74) is 11.8. The molecule has 2 aromatic heterocycles. The SMILES string of the molecule is Cc1cccc(C)c1C1C(c2[c-]ccc3c2oc2ccccc23)=Nc2ccccc21.[2H]C([2H])([2H])c1c[c-]c(-c2cc[c]([Ge]([CH3])([CH3])[CH3])cn2)cc1.[Ir]. The Labute approximate surface area is 304 Å². The molecule has 0 amide bonds. The van der Waals surface area contributed by atoms with Crippen LogP contribution in [-0.4, -0.2) is 24.0 Å². The second kappa shape index (κ2) is 13.8. The largest absolute Gasteiger partial charge is 0 e. The standard InChI is InChI=1S/C28H20NO.C15H18GeN.Ir/c1-17-9-7-10-18(2)25(17)26-21-12-3-5-15-23(21)29-27(26)22-14-8-13-20-19-11-4-6-16-24(19)30-28(20)22;1-12-5-7-13(8-6-12)15-10-9-14(11-17-15)16(2,3)4;/h3-13,15-16,26H,1-2H3;5-7,9-11H,1-4H3;/q2*-1;/i;1D3;. The van der Waals surface area contributed by atoms with Gasteiger partial charge in [0.1, 0.15) is 5.58 Å². The summed E-state index contributed by atoms with van der Waals surface area (Å²) < 4.78 is 29.7. The second-order valence-electron chi connectivity index (χ2n) is 13.2. The number of hydrogen-bond donors (Lipinski definition) is 0. The first kappa shape index (κ1) is 30.0. The molecule has 3 nitrogen and oxygen atoms in total. The van der Waals surface area contributed by atoms with Crippen LogP contribution in [0.3, 0.4) is 0 Å². The maximum Gasteiger partial charge on any atom is 0 e. The Kier molecular flexibility index (Phi) is 8.63. The van der Waals surface area contributed by atoms with Gasteiger partial charge in [-0.2, -0.15) is 0 Å². The van der Waals surface area contributed by atoms with E-state index in [9.17, 15) is 0 Å². The predicted molar refractivity (Wildman–Crippen MR) is 199 cm³/mol. The van der Waals surface area contributed by atoms with Crippen LogP contribution >= 0.6 is 0 Å². The Morgan fingerprint density at radius 1 is 0.792 bits per heavy atom. The van der Waals surface area contributed by atoms with Crippen LogP contribution in [0.4, 0.5) is 5.69 Å². The number of aromatic nitrogens is 1. The minimum atomic E-state index is -2.08. The summed E-state index contributed by atoms with van der Waals surface area (Å²) in [7, 11) is 0. The van der Waals surface area contributed by atoms with Crippen molar-refractivity contribution in [2.24, 2.45) is 4.99 Å². The number of hydrogen-bond acceptors (Lipinski definition) is 3. The average Bonchev–Trinajstić information content (AvgIpc) is 3.67. The Morgan fingerprint density at radius 3 is 2.27 bits per heavy atom. The molecule has 3 heterocycles. The molecule has 0 spiro atoms. The van der Waals surface area contributed by atoms with Crippen molar-refractivity contribution in [2.45, 2.75) is 43.9 Å². The number of rotatable bonds is 4. The Morgan fingerprint density at radius 2 is 1.56 bits per heavy atom. The monoisotopic (exact) mass is 868 g/mol. The maximum atomic E-state index is 7.35. The fraction of sp³-hybridized carbons (Fsp3) is 0.163. The molecule has 5 heteroatoms. The molecule has 0 saturated heterocycles. The van der Waals surface area contributed by atoms with Crippen LogP contribution in [0, 0.1) is 32.8 Å². The first-order valence-corrected chi connectivity index (χ1v) is 23.3. The summed E-state index contributed by atoms with van der Waals surface area (Å²) in [6, 6.07) is 42.7. The van der Waals surface area contributed by atoms with Crippen LogP contribution in [0.15, 0.2) is 125 Å². The van der Waals surface area contributed by atoms with Gasteiger partial charge >= 0.3 is 110 Å². The Balaban J connectivity index is 0.000000188. The third-order valence-electron chi connectivity index (χ3n) is 8.91. The molecule has 241 valence electrons. The third kappa shape index (κ3) is 6.50. The van der Waals surface area contributed by atoms with Crippen molar-refractivity contribution in [3.05, 3.63) is 161 Å². The van der Waals surface area contributed by atoms with Crippen LogP contribution in [-0.2, 0) is 20.1 Å². The quantitative estimate of drug-likeness (QED) is 0.131. The minimum Gasteiger partial charge on any atom is 0 e. The summed E-state index contributed by atoms with van der Waals surface area (Å²) in [6.45, 7) is 2.30. The molecule has 1 unspecified atom stereocenters. The summed E-state index contributed by atoms with van der Waals surface area (Å²) in [6.07, 6.45) is 1.95. The molecule has 0 fully saturated rings. The van der Waals surface area contributed by atoms with E-state index in [0.29, 0.717) is 5.56 Å².